The summed E-state index contributed by atoms with van der Waals surface area (Å²) in [6.07, 6.45) is 4.99. The van der Waals surface area contributed by atoms with Crippen LogP contribution in [0.25, 0.3) is 0 Å². The number of amides is 1. The van der Waals surface area contributed by atoms with Crippen LogP contribution in [0.4, 0.5) is 0 Å². The zero-order chi connectivity index (χ0) is 14.8. The van der Waals surface area contributed by atoms with Gasteiger partial charge in [0.25, 0.3) is 0 Å². The molecule has 21 heavy (non-hydrogen) atoms. The number of nitrogens with zero attached hydrogens (tertiary/aromatic N) is 1. The SMILES string of the molecule is CN(C)CC(NC(=O)C1CC2CCC1C2)c1ccccc1. The zero-order valence-corrected chi connectivity index (χ0v) is 13.1. The van der Waals surface area contributed by atoms with Crippen LogP contribution < -0.4 is 5.32 Å². The number of fused-ring (bicyclic) bond motifs is 2. The number of carbonyl (C=O) groups is 1. The number of hydrogen-bond acceptors (Lipinski definition) is 2. The minimum absolute atomic E-state index is 0.0906. The molecule has 2 fully saturated rings. The largest absolute Gasteiger partial charge is 0.348 e. The van der Waals surface area contributed by atoms with Crippen molar-refractivity contribution in [1.82, 2.24) is 10.2 Å². The van der Waals surface area contributed by atoms with E-state index in [9.17, 15) is 4.79 Å². The Morgan fingerprint density at radius 1 is 1.24 bits per heavy atom. The second-order valence-corrected chi connectivity index (χ2v) is 7.02. The van der Waals surface area contributed by atoms with Crippen molar-refractivity contribution < 1.29 is 4.79 Å². The highest BCUT2D eigenvalue weighted by Gasteiger charge is 2.43. The van der Waals surface area contributed by atoms with Crippen molar-refractivity contribution in [2.75, 3.05) is 20.6 Å². The molecule has 2 saturated carbocycles. The number of carbonyl (C=O) groups excluding carboxylic acids is 1. The Hall–Kier alpha value is -1.35. The van der Waals surface area contributed by atoms with E-state index in [1.54, 1.807) is 0 Å². The summed E-state index contributed by atoms with van der Waals surface area (Å²) in [6.45, 7) is 0.844. The van der Waals surface area contributed by atoms with Crippen LogP contribution in [0.2, 0.25) is 0 Å². The molecule has 2 aliphatic carbocycles. The highest BCUT2D eigenvalue weighted by Crippen LogP contribution is 2.48. The van der Waals surface area contributed by atoms with Crippen LogP contribution in [0.1, 0.15) is 37.3 Å². The van der Waals surface area contributed by atoms with Crippen molar-refractivity contribution in [2.24, 2.45) is 17.8 Å². The molecule has 0 saturated heterocycles. The van der Waals surface area contributed by atoms with Gasteiger partial charge < -0.3 is 10.2 Å². The van der Waals surface area contributed by atoms with Gasteiger partial charge in [-0.25, -0.2) is 0 Å². The van der Waals surface area contributed by atoms with Crippen LogP contribution in [0.15, 0.2) is 30.3 Å². The number of rotatable bonds is 5. The molecule has 0 aromatic heterocycles. The fourth-order valence-electron chi connectivity index (χ4n) is 4.13. The molecule has 0 aliphatic heterocycles. The second-order valence-electron chi connectivity index (χ2n) is 7.02. The molecule has 2 bridgehead atoms. The molecule has 4 atom stereocenters. The minimum Gasteiger partial charge on any atom is -0.348 e. The molecule has 1 aromatic rings. The van der Waals surface area contributed by atoms with Gasteiger partial charge in [-0.05, 0) is 50.8 Å². The summed E-state index contributed by atoms with van der Waals surface area (Å²) >= 11 is 0. The lowest BCUT2D eigenvalue weighted by Gasteiger charge is -2.27. The number of nitrogens with one attached hydrogen (secondary N) is 1. The minimum atomic E-state index is 0.0906. The number of likely N-dealkylation sites (N-methyl/N-ethyl adjacent to an activating group) is 1. The van der Waals surface area contributed by atoms with Crippen molar-refractivity contribution in [3.8, 4) is 0 Å². The first-order valence-corrected chi connectivity index (χ1v) is 8.13. The van der Waals surface area contributed by atoms with Gasteiger partial charge in [0.2, 0.25) is 5.91 Å². The van der Waals surface area contributed by atoms with Gasteiger partial charge in [0.05, 0.1) is 6.04 Å². The summed E-state index contributed by atoms with van der Waals surface area (Å²) in [5.74, 6) is 2.00. The molecule has 0 heterocycles. The predicted octanol–water partition coefficient (Wildman–Crippen LogP) is 2.84. The van der Waals surface area contributed by atoms with E-state index >= 15 is 0 Å². The van der Waals surface area contributed by atoms with Crippen molar-refractivity contribution >= 4 is 5.91 Å². The molecular weight excluding hydrogens is 260 g/mol. The van der Waals surface area contributed by atoms with Gasteiger partial charge in [0.15, 0.2) is 0 Å². The Morgan fingerprint density at radius 3 is 2.57 bits per heavy atom. The lowest BCUT2D eigenvalue weighted by atomic mass is 9.88. The lowest BCUT2D eigenvalue weighted by Crippen LogP contribution is -2.40. The smallest absolute Gasteiger partial charge is 0.223 e. The third-order valence-corrected chi connectivity index (χ3v) is 5.14. The summed E-state index contributed by atoms with van der Waals surface area (Å²) in [4.78, 5) is 14.8. The van der Waals surface area contributed by atoms with Crippen molar-refractivity contribution in [1.29, 1.82) is 0 Å². The maximum Gasteiger partial charge on any atom is 0.223 e. The quantitative estimate of drug-likeness (QED) is 0.902. The predicted molar refractivity (Wildman–Crippen MR) is 84.8 cm³/mol. The van der Waals surface area contributed by atoms with E-state index in [0.29, 0.717) is 5.92 Å². The van der Waals surface area contributed by atoms with Gasteiger partial charge in [-0.1, -0.05) is 36.8 Å². The molecule has 2 aliphatic rings. The Kier molecular flexibility index (Phi) is 4.29. The van der Waals surface area contributed by atoms with Gasteiger partial charge in [-0.3, -0.25) is 4.79 Å². The van der Waals surface area contributed by atoms with Gasteiger partial charge >= 0.3 is 0 Å². The number of hydrogen-bond donors (Lipinski definition) is 1. The molecule has 1 aromatic carbocycles. The van der Waals surface area contributed by atoms with Crippen LogP contribution in [-0.2, 0) is 4.79 Å². The molecular formula is C18H26N2O. The Morgan fingerprint density at radius 2 is 2.00 bits per heavy atom. The topological polar surface area (TPSA) is 32.3 Å². The fraction of sp³-hybridized carbons (Fsp3) is 0.611. The molecule has 0 radical (unpaired) electrons. The zero-order valence-electron chi connectivity index (χ0n) is 13.1. The van der Waals surface area contributed by atoms with E-state index in [1.165, 1.54) is 24.8 Å². The summed E-state index contributed by atoms with van der Waals surface area (Å²) in [7, 11) is 4.11. The summed E-state index contributed by atoms with van der Waals surface area (Å²) < 4.78 is 0. The summed E-state index contributed by atoms with van der Waals surface area (Å²) in [6, 6.07) is 10.4. The standard InChI is InChI=1S/C18H26N2O/c1-20(2)12-17(14-6-4-3-5-7-14)19-18(21)16-11-13-8-9-15(16)10-13/h3-7,13,15-17H,8-12H2,1-2H3,(H,19,21). The Balaban J connectivity index is 1.68. The Bertz CT molecular complexity index is 485. The highest BCUT2D eigenvalue weighted by molar-refractivity contribution is 5.80. The van der Waals surface area contributed by atoms with Gasteiger partial charge in [0.1, 0.15) is 0 Å². The van der Waals surface area contributed by atoms with Gasteiger partial charge in [-0.2, -0.15) is 0 Å². The van der Waals surface area contributed by atoms with Crippen LogP contribution in [0, 0.1) is 17.8 Å². The first-order valence-electron chi connectivity index (χ1n) is 8.13. The molecule has 1 amide bonds. The van der Waals surface area contributed by atoms with Crippen LogP contribution in [-0.4, -0.2) is 31.4 Å². The Labute approximate surface area is 127 Å². The van der Waals surface area contributed by atoms with Crippen LogP contribution in [0.3, 0.4) is 0 Å². The fourth-order valence-corrected chi connectivity index (χ4v) is 4.13. The maximum absolute atomic E-state index is 12.7. The van der Waals surface area contributed by atoms with E-state index < -0.39 is 0 Å². The normalized spacial score (nSPS) is 28.8. The molecule has 4 unspecified atom stereocenters. The summed E-state index contributed by atoms with van der Waals surface area (Å²) in [5, 5.41) is 3.31. The van der Waals surface area contributed by atoms with E-state index in [2.05, 4.69) is 36.4 Å². The first-order chi connectivity index (χ1) is 10.1. The van der Waals surface area contributed by atoms with Gasteiger partial charge in [-0.15, -0.1) is 0 Å². The molecule has 1 N–H and O–H groups in total. The maximum atomic E-state index is 12.7. The number of benzene rings is 1. The van der Waals surface area contributed by atoms with E-state index in [-0.39, 0.29) is 17.9 Å². The average Bonchev–Trinajstić information content (AvgIpc) is 3.09. The van der Waals surface area contributed by atoms with Crippen molar-refractivity contribution in [3.63, 3.8) is 0 Å². The van der Waals surface area contributed by atoms with Crippen molar-refractivity contribution in [3.05, 3.63) is 35.9 Å². The average molecular weight is 286 g/mol. The van der Waals surface area contributed by atoms with Crippen LogP contribution >= 0.6 is 0 Å². The molecule has 114 valence electrons. The monoisotopic (exact) mass is 286 g/mol. The third-order valence-electron chi connectivity index (χ3n) is 5.14. The second kappa shape index (κ2) is 6.18. The lowest BCUT2D eigenvalue weighted by molar-refractivity contribution is -0.127. The molecule has 3 nitrogen and oxygen atoms in total. The van der Waals surface area contributed by atoms with Crippen LogP contribution in [0.5, 0.6) is 0 Å². The van der Waals surface area contributed by atoms with E-state index in [0.717, 1.165) is 18.9 Å². The highest BCUT2D eigenvalue weighted by atomic mass is 16.2. The van der Waals surface area contributed by atoms with Gasteiger partial charge in [0, 0.05) is 12.5 Å². The first kappa shape index (κ1) is 14.6. The molecule has 0 spiro atoms. The summed E-state index contributed by atoms with van der Waals surface area (Å²) in [5.41, 5.74) is 1.20. The van der Waals surface area contributed by atoms with Crippen molar-refractivity contribution in [2.45, 2.75) is 31.7 Å². The van der Waals surface area contributed by atoms with E-state index in [1.807, 2.05) is 18.2 Å². The molecule has 3 heteroatoms. The van der Waals surface area contributed by atoms with E-state index in [4.69, 9.17) is 0 Å². The molecule has 3 rings (SSSR count). The third kappa shape index (κ3) is 3.29.